The van der Waals surface area contributed by atoms with E-state index in [2.05, 4.69) is 31.0 Å². The van der Waals surface area contributed by atoms with Crippen LogP contribution < -0.4 is 0 Å². The van der Waals surface area contributed by atoms with Crippen molar-refractivity contribution in [1.29, 1.82) is 0 Å². The molecule has 1 aromatic rings. The van der Waals surface area contributed by atoms with Crippen LogP contribution in [0.4, 0.5) is 0 Å². The van der Waals surface area contributed by atoms with Gasteiger partial charge in [0.05, 0.1) is 24.6 Å². The van der Waals surface area contributed by atoms with Crippen LogP contribution in [0, 0.1) is 5.92 Å². The van der Waals surface area contributed by atoms with Crippen LogP contribution in [0.15, 0.2) is 0 Å². The van der Waals surface area contributed by atoms with E-state index in [1.54, 1.807) is 0 Å². The molecule has 3 nitrogen and oxygen atoms in total. The van der Waals surface area contributed by atoms with Gasteiger partial charge < -0.3 is 4.74 Å². The molecule has 0 fully saturated rings. The predicted molar refractivity (Wildman–Crippen MR) is 63.1 cm³/mol. The molecule has 2 heterocycles. The molecule has 16 heavy (non-hydrogen) atoms. The van der Waals surface area contributed by atoms with Gasteiger partial charge in [0.15, 0.2) is 0 Å². The highest BCUT2D eigenvalue weighted by Crippen LogP contribution is 2.26. The minimum Gasteiger partial charge on any atom is -0.372 e. The molecule has 0 saturated carbocycles. The minimum atomic E-state index is 0.621. The summed E-state index contributed by atoms with van der Waals surface area (Å²) in [6, 6.07) is 0. The van der Waals surface area contributed by atoms with Crippen molar-refractivity contribution in [2.24, 2.45) is 5.92 Å². The molecule has 0 unspecified atom stereocenters. The van der Waals surface area contributed by atoms with E-state index in [0.717, 1.165) is 43.9 Å². The molecule has 0 amide bonds. The van der Waals surface area contributed by atoms with E-state index in [1.807, 2.05) is 0 Å². The molecule has 0 aromatic carbocycles. The molecule has 88 valence electrons. The molecule has 0 saturated heterocycles. The second-order valence-electron chi connectivity index (χ2n) is 4.89. The lowest BCUT2D eigenvalue weighted by molar-refractivity contribution is 0.133. The van der Waals surface area contributed by atoms with Crippen LogP contribution in [0.1, 0.15) is 49.7 Å². The van der Waals surface area contributed by atoms with Crippen LogP contribution in [-0.2, 0) is 30.8 Å². The van der Waals surface area contributed by atoms with Gasteiger partial charge in [-0.15, -0.1) is 0 Å². The van der Waals surface area contributed by atoms with Crippen LogP contribution in [0.2, 0.25) is 0 Å². The summed E-state index contributed by atoms with van der Waals surface area (Å²) in [6.45, 7) is 8.05. The third-order valence-corrected chi connectivity index (χ3v) is 2.93. The number of aryl methyl sites for hydroxylation is 1. The van der Waals surface area contributed by atoms with Crippen molar-refractivity contribution in [3.8, 4) is 0 Å². The molecule has 3 heteroatoms. The maximum Gasteiger partial charge on any atom is 0.0744 e. The molecule has 0 radical (unpaired) electrons. The number of fused-ring (bicyclic) bond motifs is 1. The first-order valence-electron chi connectivity index (χ1n) is 6.16. The average Bonchev–Trinajstić information content (AvgIpc) is 2.70. The first-order valence-corrected chi connectivity index (χ1v) is 6.16. The lowest BCUT2D eigenvalue weighted by Gasteiger charge is -2.10. The lowest BCUT2D eigenvalue weighted by Crippen LogP contribution is -2.08. The Balaban J connectivity index is 2.33. The van der Waals surface area contributed by atoms with Crippen molar-refractivity contribution in [2.45, 2.75) is 53.2 Å². The standard InChI is InChI=1S/C13H20N2O/c1-4-5-12-10-7-16-8-11(10)13(15-14-12)6-9(2)3/h9H,4-8H2,1-3H3. The zero-order valence-electron chi connectivity index (χ0n) is 10.4. The second kappa shape index (κ2) is 4.91. The normalized spacial score (nSPS) is 14.5. The zero-order chi connectivity index (χ0) is 11.5. The Bertz CT molecular complexity index is 374. The van der Waals surface area contributed by atoms with E-state index in [4.69, 9.17) is 4.74 Å². The summed E-state index contributed by atoms with van der Waals surface area (Å²) in [5.41, 5.74) is 4.91. The number of nitrogens with zero attached hydrogens (tertiary/aromatic N) is 2. The van der Waals surface area contributed by atoms with Gasteiger partial charge in [-0.1, -0.05) is 27.2 Å². The number of hydrogen-bond acceptors (Lipinski definition) is 3. The van der Waals surface area contributed by atoms with E-state index in [0.29, 0.717) is 5.92 Å². The molecule has 0 N–H and O–H groups in total. The Morgan fingerprint density at radius 2 is 1.75 bits per heavy atom. The van der Waals surface area contributed by atoms with Gasteiger partial charge >= 0.3 is 0 Å². The van der Waals surface area contributed by atoms with Gasteiger partial charge in [-0.25, -0.2) is 0 Å². The molecule has 1 aliphatic rings. The number of aromatic nitrogens is 2. The van der Waals surface area contributed by atoms with Crippen LogP contribution in [0.3, 0.4) is 0 Å². The second-order valence-corrected chi connectivity index (χ2v) is 4.89. The number of ether oxygens (including phenoxy) is 1. The third-order valence-electron chi connectivity index (χ3n) is 2.93. The summed E-state index contributed by atoms with van der Waals surface area (Å²) >= 11 is 0. The van der Waals surface area contributed by atoms with Gasteiger partial charge in [0.25, 0.3) is 0 Å². The zero-order valence-corrected chi connectivity index (χ0v) is 10.4. The highest BCUT2D eigenvalue weighted by Gasteiger charge is 2.21. The Morgan fingerprint density at radius 3 is 2.38 bits per heavy atom. The molecule has 0 bridgehead atoms. The fourth-order valence-corrected chi connectivity index (χ4v) is 2.17. The Kier molecular flexibility index (Phi) is 3.54. The maximum absolute atomic E-state index is 5.54. The highest BCUT2D eigenvalue weighted by molar-refractivity contribution is 5.34. The largest absolute Gasteiger partial charge is 0.372 e. The van der Waals surface area contributed by atoms with Gasteiger partial charge in [-0.05, 0) is 18.8 Å². The van der Waals surface area contributed by atoms with Gasteiger partial charge in [0.1, 0.15) is 0 Å². The smallest absolute Gasteiger partial charge is 0.0744 e. The topological polar surface area (TPSA) is 35.0 Å². The van der Waals surface area contributed by atoms with E-state index < -0.39 is 0 Å². The molecule has 1 aromatic heterocycles. The average molecular weight is 220 g/mol. The van der Waals surface area contributed by atoms with E-state index >= 15 is 0 Å². The van der Waals surface area contributed by atoms with Gasteiger partial charge in [0.2, 0.25) is 0 Å². The van der Waals surface area contributed by atoms with Gasteiger partial charge in [-0.3, -0.25) is 0 Å². The summed E-state index contributed by atoms with van der Waals surface area (Å²) in [7, 11) is 0. The van der Waals surface area contributed by atoms with Crippen molar-refractivity contribution in [3.63, 3.8) is 0 Å². The summed E-state index contributed by atoms with van der Waals surface area (Å²) < 4.78 is 5.54. The fraction of sp³-hybridized carbons (Fsp3) is 0.692. The van der Waals surface area contributed by atoms with E-state index in [-0.39, 0.29) is 0 Å². The molecule has 2 rings (SSSR count). The quantitative estimate of drug-likeness (QED) is 0.782. The molecule has 0 spiro atoms. The van der Waals surface area contributed by atoms with Gasteiger partial charge in [-0.2, -0.15) is 10.2 Å². The van der Waals surface area contributed by atoms with E-state index in [9.17, 15) is 0 Å². The van der Waals surface area contributed by atoms with Crippen LogP contribution in [-0.4, -0.2) is 10.2 Å². The number of rotatable bonds is 4. The van der Waals surface area contributed by atoms with Gasteiger partial charge in [0, 0.05) is 11.1 Å². The summed E-state index contributed by atoms with van der Waals surface area (Å²) in [4.78, 5) is 0. The third kappa shape index (κ3) is 2.24. The molecular weight excluding hydrogens is 200 g/mol. The first-order chi connectivity index (χ1) is 7.72. The van der Waals surface area contributed by atoms with Crippen molar-refractivity contribution in [2.75, 3.05) is 0 Å². The van der Waals surface area contributed by atoms with Crippen molar-refractivity contribution in [1.82, 2.24) is 10.2 Å². The van der Waals surface area contributed by atoms with E-state index in [1.165, 1.54) is 11.1 Å². The van der Waals surface area contributed by atoms with Crippen molar-refractivity contribution in [3.05, 3.63) is 22.5 Å². The fourth-order valence-electron chi connectivity index (χ4n) is 2.17. The van der Waals surface area contributed by atoms with Crippen molar-refractivity contribution >= 4 is 0 Å². The predicted octanol–water partition coefficient (Wildman–Crippen LogP) is 2.66. The Hall–Kier alpha value is -0.960. The summed E-state index contributed by atoms with van der Waals surface area (Å²) in [6.07, 6.45) is 3.14. The summed E-state index contributed by atoms with van der Waals surface area (Å²) in [5, 5.41) is 8.74. The number of hydrogen-bond donors (Lipinski definition) is 0. The SMILES string of the molecule is CCCc1nnc(CC(C)C)c2c1COC2. The molecule has 0 atom stereocenters. The molecule has 1 aliphatic heterocycles. The Morgan fingerprint density at radius 1 is 1.12 bits per heavy atom. The molecule has 0 aliphatic carbocycles. The maximum atomic E-state index is 5.54. The minimum absolute atomic E-state index is 0.621. The first kappa shape index (κ1) is 11.5. The summed E-state index contributed by atoms with van der Waals surface area (Å²) in [5.74, 6) is 0.621. The van der Waals surface area contributed by atoms with Crippen LogP contribution in [0.5, 0.6) is 0 Å². The van der Waals surface area contributed by atoms with Crippen LogP contribution in [0.25, 0.3) is 0 Å². The Labute approximate surface area is 97.2 Å². The highest BCUT2D eigenvalue weighted by atomic mass is 16.5. The van der Waals surface area contributed by atoms with Crippen LogP contribution >= 0.6 is 0 Å². The lowest BCUT2D eigenvalue weighted by atomic mass is 9.99. The monoisotopic (exact) mass is 220 g/mol. The van der Waals surface area contributed by atoms with Crippen molar-refractivity contribution < 1.29 is 4.74 Å². The molecular formula is C13H20N2O.